The van der Waals surface area contributed by atoms with Crippen LogP contribution in [0.15, 0.2) is 41.3 Å². The van der Waals surface area contributed by atoms with Crippen molar-refractivity contribution in [3.63, 3.8) is 0 Å². The predicted molar refractivity (Wildman–Crippen MR) is 93.2 cm³/mol. The Labute approximate surface area is 150 Å². The van der Waals surface area contributed by atoms with Gasteiger partial charge in [-0.3, -0.25) is 4.79 Å². The largest absolute Gasteiger partial charge is 0.312 e. The highest BCUT2D eigenvalue weighted by molar-refractivity contribution is 7.89. The van der Waals surface area contributed by atoms with Crippen LogP contribution in [0, 0.1) is 11.6 Å². The van der Waals surface area contributed by atoms with Crippen molar-refractivity contribution < 1.29 is 22.0 Å². The van der Waals surface area contributed by atoms with Gasteiger partial charge in [0.1, 0.15) is 16.5 Å². The first-order valence-corrected chi connectivity index (χ1v) is 9.67. The van der Waals surface area contributed by atoms with Gasteiger partial charge in [-0.15, -0.1) is 0 Å². The van der Waals surface area contributed by atoms with Crippen LogP contribution < -0.4 is 9.62 Å². The molecule has 0 saturated carbocycles. The number of fused-ring (bicyclic) bond motifs is 1. The smallest absolute Gasteiger partial charge is 0.243 e. The molecule has 138 valence electrons. The lowest BCUT2D eigenvalue weighted by Crippen LogP contribution is -2.34. The summed E-state index contributed by atoms with van der Waals surface area (Å²) in [7, 11) is -4.11. The van der Waals surface area contributed by atoms with Gasteiger partial charge in [0.25, 0.3) is 0 Å². The maximum atomic E-state index is 13.7. The number of carbonyl (C=O) groups is 1. The minimum absolute atomic E-state index is 0.0352. The van der Waals surface area contributed by atoms with Crippen LogP contribution in [0.3, 0.4) is 0 Å². The quantitative estimate of drug-likeness (QED) is 0.867. The average molecular weight is 380 g/mol. The number of amides is 1. The van der Waals surface area contributed by atoms with Crippen LogP contribution in [0.5, 0.6) is 0 Å². The summed E-state index contributed by atoms with van der Waals surface area (Å²) in [6.45, 7) is 2.43. The van der Waals surface area contributed by atoms with Crippen LogP contribution in [0.2, 0.25) is 0 Å². The van der Waals surface area contributed by atoms with Crippen LogP contribution in [-0.2, 0) is 27.8 Å². The Morgan fingerprint density at radius 1 is 1.12 bits per heavy atom. The van der Waals surface area contributed by atoms with Crippen LogP contribution >= 0.6 is 0 Å². The van der Waals surface area contributed by atoms with Crippen LogP contribution in [0.25, 0.3) is 0 Å². The average Bonchev–Trinajstić information content (AvgIpc) is 2.59. The molecule has 1 heterocycles. The molecule has 0 fully saturated rings. The summed E-state index contributed by atoms with van der Waals surface area (Å²) in [5.41, 5.74) is 2.50. The van der Waals surface area contributed by atoms with E-state index in [0.717, 1.165) is 23.4 Å². The summed E-state index contributed by atoms with van der Waals surface area (Å²) in [5.74, 6) is -1.91. The minimum atomic E-state index is -4.11. The molecule has 0 aliphatic carbocycles. The van der Waals surface area contributed by atoms with Gasteiger partial charge in [0, 0.05) is 31.3 Å². The van der Waals surface area contributed by atoms with Crippen molar-refractivity contribution >= 4 is 21.6 Å². The molecule has 0 saturated heterocycles. The van der Waals surface area contributed by atoms with Gasteiger partial charge in [0.2, 0.25) is 15.9 Å². The summed E-state index contributed by atoms with van der Waals surface area (Å²) in [6, 6.07) is 7.68. The summed E-state index contributed by atoms with van der Waals surface area (Å²) >= 11 is 0. The molecular formula is C18H18F2N2O3S. The summed E-state index contributed by atoms with van der Waals surface area (Å²) < 4.78 is 53.5. The number of aryl methyl sites for hydroxylation is 1. The fraction of sp³-hybridized carbons (Fsp3) is 0.278. The zero-order valence-electron chi connectivity index (χ0n) is 14.1. The maximum absolute atomic E-state index is 13.7. The first-order chi connectivity index (χ1) is 12.3. The van der Waals surface area contributed by atoms with Gasteiger partial charge in [0.05, 0.1) is 0 Å². The third-order valence-electron chi connectivity index (χ3n) is 4.31. The van der Waals surface area contributed by atoms with Gasteiger partial charge in [-0.05, 0) is 42.7 Å². The van der Waals surface area contributed by atoms with Crippen molar-refractivity contribution in [3.05, 3.63) is 59.2 Å². The van der Waals surface area contributed by atoms with E-state index in [4.69, 9.17) is 0 Å². The molecule has 2 aromatic rings. The van der Waals surface area contributed by atoms with Crippen LogP contribution in [0.4, 0.5) is 14.5 Å². The number of halogens is 2. The van der Waals surface area contributed by atoms with Crippen LogP contribution in [-0.4, -0.2) is 20.9 Å². The fourth-order valence-electron chi connectivity index (χ4n) is 3.02. The molecule has 0 radical (unpaired) electrons. The van der Waals surface area contributed by atoms with E-state index in [1.54, 1.807) is 17.0 Å². The van der Waals surface area contributed by atoms with E-state index < -0.39 is 26.6 Å². The Morgan fingerprint density at radius 3 is 2.58 bits per heavy atom. The van der Waals surface area contributed by atoms with E-state index in [1.165, 1.54) is 0 Å². The summed E-state index contributed by atoms with van der Waals surface area (Å²) in [6.07, 6.45) is 1.01. The molecule has 1 aliphatic rings. The molecule has 0 aromatic heterocycles. The van der Waals surface area contributed by atoms with E-state index in [9.17, 15) is 22.0 Å². The zero-order chi connectivity index (χ0) is 18.9. The molecule has 2 aromatic carbocycles. The number of carbonyl (C=O) groups excluding carboxylic acids is 1. The molecule has 8 heteroatoms. The lowest BCUT2D eigenvalue weighted by molar-refractivity contribution is -0.118. The Bertz CT molecular complexity index is 961. The van der Waals surface area contributed by atoms with E-state index in [-0.39, 0.29) is 12.5 Å². The number of nitrogens with one attached hydrogen (secondary N) is 1. The summed E-state index contributed by atoms with van der Waals surface area (Å²) in [4.78, 5) is 13.0. The number of sulfonamides is 1. The highest BCUT2D eigenvalue weighted by Gasteiger charge is 2.23. The van der Waals surface area contributed by atoms with Crippen molar-refractivity contribution in [2.75, 3.05) is 11.4 Å². The van der Waals surface area contributed by atoms with Gasteiger partial charge in [-0.1, -0.05) is 12.1 Å². The first-order valence-electron chi connectivity index (χ1n) is 8.18. The van der Waals surface area contributed by atoms with Crippen molar-refractivity contribution in [2.24, 2.45) is 0 Å². The molecule has 1 N–H and O–H groups in total. The van der Waals surface area contributed by atoms with Crippen molar-refractivity contribution in [2.45, 2.75) is 31.2 Å². The Morgan fingerprint density at radius 2 is 1.88 bits per heavy atom. The second-order valence-corrected chi connectivity index (χ2v) is 7.74. The molecule has 26 heavy (non-hydrogen) atoms. The molecule has 1 aliphatic heterocycles. The topological polar surface area (TPSA) is 66.5 Å². The number of nitrogens with zero attached hydrogens (tertiary/aromatic N) is 1. The Balaban J connectivity index is 1.79. The number of hydrogen-bond donors (Lipinski definition) is 1. The molecule has 5 nitrogen and oxygen atoms in total. The van der Waals surface area contributed by atoms with Gasteiger partial charge in [-0.2, -0.15) is 0 Å². The zero-order valence-corrected chi connectivity index (χ0v) is 14.9. The molecule has 0 spiro atoms. The molecule has 1 amide bonds. The van der Waals surface area contributed by atoms with E-state index in [2.05, 4.69) is 4.72 Å². The predicted octanol–water partition coefficient (Wildman–Crippen LogP) is 2.74. The van der Waals surface area contributed by atoms with Crippen molar-refractivity contribution in [3.8, 4) is 0 Å². The molecule has 0 unspecified atom stereocenters. The molecule has 3 rings (SSSR count). The summed E-state index contributed by atoms with van der Waals surface area (Å²) in [5, 5.41) is 0. The van der Waals surface area contributed by atoms with Gasteiger partial charge < -0.3 is 4.90 Å². The van der Waals surface area contributed by atoms with Crippen LogP contribution in [0.1, 0.15) is 24.5 Å². The second kappa shape index (κ2) is 7.13. The number of rotatable bonds is 5. The fourth-order valence-corrected chi connectivity index (χ4v) is 4.09. The monoisotopic (exact) mass is 380 g/mol. The van der Waals surface area contributed by atoms with E-state index in [0.29, 0.717) is 31.0 Å². The standard InChI is InChI=1S/C18H18F2N2O3S/c1-2-22-16-6-3-12(9-13(16)4-8-18(22)23)11-21-26(24,25)17-7-5-14(19)10-15(17)20/h3,5-7,9-10,21H,2,4,8,11H2,1H3. The van der Waals surface area contributed by atoms with E-state index in [1.807, 2.05) is 13.0 Å². The van der Waals surface area contributed by atoms with Gasteiger partial charge >= 0.3 is 0 Å². The number of anilines is 1. The molecule has 0 bridgehead atoms. The number of hydrogen-bond acceptors (Lipinski definition) is 3. The first kappa shape index (κ1) is 18.5. The highest BCUT2D eigenvalue weighted by Crippen LogP contribution is 2.28. The minimum Gasteiger partial charge on any atom is -0.312 e. The Kier molecular flexibility index (Phi) is 5.06. The second-order valence-electron chi connectivity index (χ2n) is 6.00. The molecule has 0 atom stereocenters. The lowest BCUT2D eigenvalue weighted by atomic mass is 9.99. The lowest BCUT2D eigenvalue weighted by Gasteiger charge is -2.28. The SMILES string of the molecule is CCN1C(=O)CCc2cc(CNS(=O)(=O)c3ccc(F)cc3F)ccc21. The maximum Gasteiger partial charge on any atom is 0.243 e. The van der Waals surface area contributed by atoms with Crippen molar-refractivity contribution in [1.29, 1.82) is 0 Å². The van der Waals surface area contributed by atoms with Gasteiger partial charge in [0.15, 0.2) is 0 Å². The van der Waals surface area contributed by atoms with Crippen molar-refractivity contribution in [1.82, 2.24) is 4.72 Å². The number of benzene rings is 2. The van der Waals surface area contributed by atoms with Gasteiger partial charge in [-0.25, -0.2) is 21.9 Å². The Hall–Kier alpha value is -2.32. The van der Waals surface area contributed by atoms with E-state index >= 15 is 0 Å². The molecular weight excluding hydrogens is 362 g/mol. The normalized spacial score (nSPS) is 14.4. The third-order valence-corrected chi connectivity index (χ3v) is 5.74. The highest BCUT2D eigenvalue weighted by atomic mass is 32.2. The third kappa shape index (κ3) is 3.61.